The molecule has 0 spiro atoms. The lowest BCUT2D eigenvalue weighted by Crippen LogP contribution is -2.38. The summed E-state index contributed by atoms with van der Waals surface area (Å²) in [7, 11) is 0. The van der Waals surface area contributed by atoms with E-state index in [9.17, 15) is 4.79 Å². The highest BCUT2D eigenvalue weighted by atomic mass is 32.1. The molecule has 1 aliphatic rings. The lowest BCUT2D eigenvalue weighted by Gasteiger charge is -2.32. The normalized spacial score (nSPS) is 18.3. The van der Waals surface area contributed by atoms with Crippen LogP contribution in [0, 0.1) is 17.2 Å². The first kappa shape index (κ1) is 22.2. The van der Waals surface area contributed by atoms with E-state index in [0.29, 0.717) is 27.2 Å². The predicted octanol–water partition coefficient (Wildman–Crippen LogP) is 4.26. The average Bonchev–Trinajstić information content (AvgIpc) is 3.57. The molecular weight excluding hydrogens is 448 g/mol. The molecule has 4 heterocycles. The summed E-state index contributed by atoms with van der Waals surface area (Å²) in [6.07, 6.45) is 8.02. The SMILES string of the molecule is CC(C)Cc1nc2cnc(-c3nc[nH]n3)cc2n1[C@@H]1CCC[C@H](NC(=O)c2ccc(C#N)s2)C1. The molecule has 0 bridgehead atoms. The molecule has 4 aromatic heterocycles. The maximum Gasteiger partial charge on any atom is 0.261 e. The highest BCUT2D eigenvalue weighted by molar-refractivity contribution is 7.14. The maximum absolute atomic E-state index is 12.8. The van der Waals surface area contributed by atoms with Crippen molar-refractivity contribution in [3.8, 4) is 17.6 Å². The molecule has 2 N–H and O–H groups in total. The maximum atomic E-state index is 12.8. The molecule has 10 heteroatoms. The van der Waals surface area contributed by atoms with E-state index in [-0.39, 0.29) is 18.0 Å². The Morgan fingerprint density at radius 2 is 2.24 bits per heavy atom. The molecule has 34 heavy (non-hydrogen) atoms. The van der Waals surface area contributed by atoms with Crippen LogP contribution in [-0.4, -0.2) is 41.7 Å². The van der Waals surface area contributed by atoms with E-state index in [4.69, 9.17) is 10.2 Å². The molecule has 5 rings (SSSR count). The first-order valence-corrected chi connectivity index (χ1v) is 12.4. The van der Waals surface area contributed by atoms with Crippen LogP contribution in [-0.2, 0) is 6.42 Å². The van der Waals surface area contributed by atoms with Crippen LogP contribution in [0.5, 0.6) is 0 Å². The number of H-pyrrole nitrogens is 1. The number of fused-ring (bicyclic) bond motifs is 1. The second-order valence-corrected chi connectivity index (χ2v) is 10.2. The van der Waals surface area contributed by atoms with Gasteiger partial charge in [-0.15, -0.1) is 11.3 Å². The number of aromatic nitrogens is 6. The Balaban J connectivity index is 1.44. The fourth-order valence-corrected chi connectivity index (χ4v) is 5.43. The Morgan fingerprint density at radius 3 is 2.97 bits per heavy atom. The van der Waals surface area contributed by atoms with Crippen molar-refractivity contribution in [1.82, 2.24) is 35.0 Å². The lowest BCUT2D eigenvalue weighted by atomic mass is 9.90. The number of thiophene rings is 1. The zero-order valence-electron chi connectivity index (χ0n) is 19.2. The average molecular weight is 475 g/mol. The molecule has 0 unspecified atom stereocenters. The Morgan fingerprint density at radius 1 is 1.35 bits per heavy atom. The van der Waals surface area contributed by atoms with E-state index in [0.717, 1.165) is 49.0 Å². The van der Waals surface area contributed by atoms with Crippen molar-refractivity contribution in [3.05, 3.63) is 46.3 Å². The summed E-state index contributed by atoms with van der Waals surface area (Å²) in [6, 6.07) is 7.82. The summed E-state index contributed by atoms with van der Waals surface area (Å²) in [5.74, 6) is 1.96. The minimum atomic E-state index is -0.105. The number of hydrogen-bond acceptors (Lipinski definition) is 7. The van der Waals surface area contributed by atoms with Gasteiger partial charge in [-0.2, -0.15) is 10.4 Å². The smallest absolute Gasteiger partial charge is 0.261 e. The van der Waals surface area contributed by atoms with Gasteiger partial charge >= 0.3 is 0 Å². The van der Waals surface area contributed by atoms with Crippen LogP contribution >= 0.6 is 11.3 Å². The summed E-state index contributed by atoms with van der Waals surface area (Å²) in [5, 5.41) is 19.2. The van der Waals surface area contributed by atoms with Gasteiger partial charge in [0.25, 0.3) is 5.91 Å². The van der Waals surface area contributed by atoms with Gasteiger partial charge in [0.2, 0.25) is 0 Å². The van der Waals surface area contributed by atoms with E-state index in [1.54, 1.807) is 24.7 Å². The standard InChI is InChI=1S/C24H26N8OS/c1-14(2)8-22-30-19-12-26-18(23-27-13-28-31-23)10-20(19)32(22)16-5-3-4-15(9-16)29-24(33)21-7-6-17(11-25)34-21/h6-7,10,12-16H,3-5,8-9H2,1-2H3,(H,29,33)(H,27,28,31)/t15-,16+/m0/s1. The van der Waals surface area contributed by atoms with Crippen LogP contribution < -0.4 is 5.32 Å². The minimum Gasteiger partial charge on any atom is -0.349 e. The second-order valence-electron chi connectivity index (χ2n) is 9.14. The second kappa shape index (κ2) is 9.35. The zero-order valence-corrected chi connectivity index (χ0v) is 20.0. The van der Waals surface area contributed by atoms with Crippen molar-refractivity contribution in [3.63, 3.8) is 0 Å². The molecule has 1 saturated carbocycles. The molecule has 0 aliphatic heterocycles. The molecular formula is C24H26N8OS. The number of aromatic amines is 1. The molecule has 0 saturated heterocycles. The first-order chi connectivity index (χ1) is 16.5. The van der Waals surface area contributed by atoms with Gasteiger partial charge in [0.05, 0.1) is 16.6 Å². The molecule has 1 aliphatic carbocycles. The molecule has 0 radical (unpaired) electrons. The fraction of sp³-hybridized carbons (Fsp3) is 0.417. The molecule has 2 atom stereocenters. The summed E-state index contributed by atoms with van der Waals surface area (Å²) in [4.78, 5) is 27.6. The number of carbonyl (C=O) groups excluding carboxylic acids is 1. The monoisotopic (exact) mass is 474 g/mol. The van der Waals surface area contributed by atoms with Crippen molar-refractivity contribution in [1.29, 1.82) is 5.26 Å². The number of nitrogens with zero attached hydrogens (tertiary/aromatic N) is 6. The number of nitriles is 1. The van der Waals surface area contributed by atoms with Gasteiger partial charge < -0.3 is 9.88 Å². The fourth-order valence-electron chi connectivity index (χ4n) is 4.73. The summed E-state index contributed by atoms with van der Waals surface area (Å²) >= 11 is 1.23. The molecule has 1 amide bonds. The lowest BCUT2D eigenvalue weighted by molar-refractivity contribution is 0.0925. The molecule has 174 valence electrons. The van der Waals surface area contributed by atoms with Crippen molar-refractivity contribution in [2.45, 2.75) is 58.0 Å². The van der Waals surface area contributed by atoms with Gasteiger partial charge in [-0.25, -0.2) is 9.97 Å². The van der Waals surface area contributed by atoms with Gasteiger partial charge in [-0.05, 0) is 49.8 Å². The predicted molar refractivity (Wildman–Crippen MR) is 129 cm³/mol. The Hall–Kier alpha value is -3.58. The number of amides is 1. The highest BCUT2D eigenvalue weighted by Crippen LogP contribution is 2.34. The van der Waals surface area contributed by atoms with E-state index in [1.807, 2.05) is 6.07 Å². The van der Waals surface area contributed by atoms with Gasteiger partial charge in [0.15, 0.2) is 5.82 Å². The minimum absolute atomic E-state index is 0.0672. The number of pyridine rings is 1. The number of rotatable bonds is 6. The van der Waals surface area contributed by atoms with Gasteiger partial charge in [0, 0.05) is 18.5 Å². The Bertz CT molecular complexity index is 1350. The van der Waals surface area contributed by atoms with Crippen LogP contribution in [0.1, 0.15) is 65.9 Å². The third-order valence-corrected chi connectivity index (χ3v) is 7.16. The number of carbonyl (C=O) groups is 1. The van der Waals surface area contributed by atoms with Crippen LogP contribution in [0.2, 0.25) is 0 Å². The van der Waals surface area contributed by atoms with E-state index < -0.39 is 0 Å². The van der Waals surface area contributed by atoms with Crippen LogP contribution in [0.3, 0.4) is 0 Å². The summed E-state index contributed by atoms with van der Waals surface area (Å²) in [5.41, 5.74) is 2.60. The third kappa shape index (κ3) is 4.43. The zero-order chi connectivity index (χ0) is 23.7. The van der Waals surface area contributed by atoms with Crippen molar-refractivity contribution in [2.75, 3.05) is 0 Å². The topological polar surface area (TPSA) is 125 Å². The largest absolute Gasteiger partial charge is 0.349 e. The number of nitrogens with one attached hydrogen (secondary N) is 2. The number of hydrogen-bond donors (Lipinski definition) is 2. The van der Waals surface area contributed by atoms with Crippen LogP contribution in [0.25, 0.3) is 22.6 Å². The molecule has 1 fully saturated rings. The number of imidazole rings is 1. The van der Waals surface area contributed by atoms with Gasteiger partial charge in [0.1, 0.15) is 34.3 Å². The summed E-state index contributed by atoms with van der Waals surface area (Å²) in [6.45, 7) is 4.39. The van der Waals surface area contributed by atoms with Gasteiger partial charge in [-0.3, -0.25) is 14.9 Å². The van der Waals surface area contributed by atoms with E-state index in [1.165, 1.54) is 11.3 Å². The summed E-state index contributed by atoms with van der Waals surface area (Å²) < 4.78 is 2.35. The van der Waals surface area contributed by atoms with Crippen molar-refractivity contribution in [2.24, 2.45) is 5.92 Å². The highest BCUT2D eigenvalue weighted by Gasteiger charge is 2.28. The quantitative estimate of drug-likeness (QED) is 0.430. The van der Waals surface area contributed by atoms with E-state index >= 15 is 0 Å². The van der Waals surface area contributed by atoms with Crippen molar-refractivity contribution >= 4 is 28.3 Å². The van der Waals surface area contributed by atoms with Crippen LogP contribution in [0.4, 0.5) is 0 Å². The molecule has 0 aromatic carbocycles. The first-order valence-electron chi connectivity index (χ1n) is 11.6. The van der Waals surface area contributed by atoms with Crippen molar-refractivity contribution < 1.29 is 4.79 Å². The Kier molecular flexibility index (Phi) is 6.11. The molecule has 9 nitrogen and oxygen atoms in total. The van der Waals surface area contributed by atoms with Gasteiger partial charge in [-0.1, -0.05) is 13.8 Å². The van der Waals surface area contributed by atoms with Crippen LogP contribution in [0.15, 0.2) is 30.7 Å². The third-order valence-electron chi connectivity index (χ3n) is 6.17. The van der Waals surface area contributed by atoms with E-state index in [2.05, 4.69) is 50.0 Å². The molecule has 4 aromatic rings. The Labute approximate surface area is 201 Å².